The first-order valence-corrected chi connectivity index (χ1v) is 18.4. The average molecular weight is 714 g/mol. The second kappa shape index (κ2) is 19.0. The smallest absolute Gasteiger partial charge is 0.306 e. The van der Waals surface area contributed by atoms with Crippen LogP contribution in [-0.4, -0.2) is 94.4 Å². The molecule has 276 valence electrons. The lowest BCUT2D eigenvalue weighted by molar-refractivity contribution is -0.149. The highest BCUT2D eigenvalue weighted by Crippen LogP contribution is 2.31. The van der Waals surface area contributed by atoms with Gasteiger partial charge in [-0.1, -0.05) is 71.4 Å². The molecule has 2 aromatic rings. The SMILES string of the molecule is CC(=O)O[C@H](CC(C(C)C)N(C)C(=O)[C@@H](NC(=O)[C@H]1CCCCN1C)C(C)C)c1nc(C(=O)N[C@@H](Cc2ccccc2)C[C@H](C)C(=O)O)cs1. The quantitative estimate of drug-likeness (QED) is 0.198. The number of thiazole rings is 1. The fourth-order valence-electron chi connectivity index (χ4n) is 6.47. The summed E-state index contributed by atoms with van der Waals surface area (Å²) in [6.07, 6.45) is 2.83. The third-order valence-corrected chi connectivity index (χ3v) is 10.4. The van der Waals surface area contributed by atoms with Gasteiger partial charge in [-0.15, -0.1) is 11.3 Å². The van der Waals surface area contributed by atoms with Crippen LogP contribution in [0.25, 0.3) is 0 Å². The van der Waals surface area contributed by atoms with Crippen LogP contribution in [0, 0.1) is 17.8 Å². The Kier molecular flexibility index (Phi) is 15.4. The normalized spacial score (nSPS) is 18.1. The number of carboxylic acid groups (broad SMARTS) is 1. The number of esters is 1. The van der Waals surface area contributed by atoms with E-state index in [1.807, 2.05) is 70.0 Å². The molecule has 0 aliphatic carbocycles. The van der Waals surface area contributed by atoms with Crippen molar-refractivity contribution >= 4 is 41.0 Å². The lowest BCUT2D eigenvalue weighted by Gasteiger charge is -2.37. The lowest BCUT2D eigenvalue weighted by atomic mass is 9.94. The molecule has 13 heteroatoms. The van der Waals surface area contributed by atoms with E-state index in [4.69, 9.17) is 4.74 Å². The third-order valence-electron chi connectivity index (χ3n) is 9.43. The number of carbonyl (C=O) groups is 5. The highest BCUT2D eigenvalue weighted by molar-refractivity contribution is 7.09. The van der Waals surface area contributed by atoms with Crippen molar-refractivity contribution in [3.05, 3.63) is 52.0 Å². The van der Waals surface area contributed by atoms with E-state index in [-0.39, 0.29) is 48.2 Å². The number of carbonyl (C=O) groups excluding carboxylic acids is 4. The van der Waals surface area contributed by atoms with Crippen LogP contribution >= 0.6 is 11.3 Å². The predicted octanol–water partition coefficient (Wildman–Crippen LogP) is 4.70. The fraction of sp³-hybridized carbons (Fsp3) is 0.622. The van der Waals surface area contributed by atoms with Gasteiger partial charge in [-0.3, -0.25) is 28.9 Å². The van der Waals surface area contributed by atoms with E-state index in [0.717, 1.165) is 31.4 Å². The molecule has 0 spiro atoms. The zero-order chi connectivity index (χ0) is 37.1. The molecule has 1 fully saturated rings. The molecular formula is C37H55N5O7S. The number of nitrogens with zero attached hydrogens (tertiary/aromatic N) is 3. The summed E-state index contributed by atoms with van der Waals surface area (Å²) in [6.45, 7) is 11.5. The molecule has 50 heavy (non-hydrogen) atoms. The maximum atomic E-state index is 14.0. The van der Waals surface area contributed by atoms with Crippen LogP contribution in [0.3, 0.4) is 0 Å². The molecule has 3 amide bonds. The van der Waals surface area contributed by atoms with Crippen molar-refractivity contribution in [2.75, 3.05) is 20.6 Å². The van der Waals surface area contributed by atoms with Gasteiger partial charge in [-0.05, 0) is 56.7 Å². The van der Waals surface area contributed by atoms with Crippen molar-refractivity contribution in [2.24, 2.45) is 17.8 Å². The Morgan fingerprint density at radius 2 is 1.70 bits per heavy atom. The average Bonchev–Trinajstić information content (AvgIpc) is 3.55. The van der Waals surface area contributed by atoms with Gasteiger partial charge in [0.1, 0.15) is 16.7 Å². The number of piperidine rings is 1. The van der Waals surface area contributed by atoms with E-state index in [1.54, 1.807) is 24.3 Å². The summed E-state index contributed by atoms with van der Waals surface area (Å²) in [6, 6.07) is 7.66. The van der Waals surface area contributed by atoms with E-state index in [2.05, 4.69) is 15.6 Å². The molecule has 1 aromatic carbocycles. The van der Waals surface area contributed by atoms with E-state index < -0.39 is 48.0 Å². The van der Waals surface area contributed by atoms with Gasteiger partial charge in [0, 0.05) is 37.9 Å². The van der Waals surface area contributed by atoms with Crippen molar-refractivity contribution in [1.29, 1.82) is 0 Å². The minimum atomic E-state index is -0.945. The van der Waals surface area contributed by atoms with Crippen LogP contribution in [0.5, 0.6) is 0 Å². The molecule has 1 saturated heterocycles. The van der Waals surface area contributed by atoms with Crippen LogP contribution in [0.15, 0.2) is 35.7 Å². The summed E-state index contributed by atoms with van der Waals surface area (Å²) in [5.41, 5.74) is 1.09. The molecule has 0 radical (unpaired) electrons. The molecule has 2 heterocycles. The van der Waals surface area contributed by atoms with E-state index in [1.165, 1.54) is 18.3 Å². The molecular weight excluding hydrogens is 659 g/mol. The van der Waals surface area contributed by atoms with Crippen LogP contribution in [0.2, 0.25) is 0 Å². The van der Waals surface area contributed by atoms with Crippen LogP contribution in [0.1, 0.15) is 101 Å². The van der Waals surface area contributed by atoms with Crippen LogP contribution in [0.4, 0.5) is 0 Å². The standard InChI is InChI=1S/C37H55N5O7S/c1-22(2)30(42(8)36(46)32(23(3)4)40-34(45)29-16-12-13-17-41(29)7)20-31(49-25(6)43)35-39-28(21-50-35)33(44)38-27(18-24(5)37(47)48)19-26-14-10-9-11-15-26/h9-11,14-15,21-24,27,29-32H,12-13,16-20H2,1-8H3,(H,38,44)(H,40,45)(H,47,48)/t24-,27+,29+,30?,31+,32-/m0/s1. The van der Waals surface area contributed by atoms with Crippen molar-refractivity contribution in [3.63, 3.8) is 0 Å². The zero-order valence-corrected chi connectivity index (χ0v) is 31.5. The lowest BCUT2D eigenvalue weighted by Crippen LogP contribution is -2.57. The Bertz CT molecular complexity index is 1450. The minimum Gasteiger partial charge on any atom is -0.481 e. The molecule has 6 atom stereocenters. The summed E-state index contributed by atoms with van der Waals surface area (Å²) in [5.74, 6) is -3.19. The zero-order valence-electron chi connectivity index (χ0n) is 30.7. The molecule has 0 saturated carbocycles. The summed E-state index contributed by atoms with van der Waals surface area (Å²) >= 11 is 1.18. The number of nitrogens with one attached hydrogen (secondary N) is 2. The first-order valence-electron chi connectivity index (χ1n) is 17.6. The molecule has 1 aliphatic heterocycles. The van der Waals surface area contributed by atoms with Gasteiger partial charge >= 0.3 is 11.9 Å². The minimum absolute atomic E-state index is 0.0484. The summed E-state index contributed by atoms with van der Waals surface area (Å²) in [7, 11) is 3.64. The Morgan fingerprint density at radius 3 is 2.28 bits per heavy atom. The van der Waals surface area contributed by atoms with Crippen molar-refractivity contribution in [2.45, 2.75) is 110 Å². The number of likely N-dealkylation sites (tertiary alicyclic amines) is 1. The van der Waals surface area contributed by atoms with E-state index in [0.29, 0.717) is 11.4 Å². The number of aliphatic carboxylic acids is 1. The number of carboxylic acids is 1. The number of ether oxygens (including phenoxy) is 1. The first kappa shape index (κ1) is 40.6. The Labute approximate surface area is 300 Å². The van der Waals surface area contributed by atoms with E-state index >= 15 is 0 Å². The van der Waals surface area contributed by atoms with Gasteiger partial charge in [-0.2, -0.15) is 0 Å². The van der Waals surface area contributed by atoms with Gasteiger partial charge in [-0.25, -0.2) is 4.98 Å². The fourth-order valence-corrected chi connectivity index (χ4v) is 7.31. The second-order valence-corrected chi connectivity index (χ2v) is 15.1. The third kappa shape index (κ3) is 11.6. The van der Waals surface area contributed by atoms with Crippen molar-refractivity contribution in [3.8, 4) is 0 Å². The molecule has 3 rings (SSSR count). The summed E-state index contributed by atoms with van der Waals surface area (Å²) in [4.78, 5) is 72.9. The summed E-state index contributed by atoms with van der Waals surface area (Å²) < 4.78 is 5.74. The first-order chi connectivity index (χ1) is 23.6. The monoisotopic (exact) mass is 713 g/mol. The molecule has 1 aromatic heterocycles. The Hall–Kier alpha value is -3.84. The highest BCUT2D eigenvalue weighted by Gasteiger charge is 2.37. The molecule has 1 unspecified atom stereocenters. The number of hydrogen-bond donors (Lipinski definition) is 3. The second-order valence-electron chi connectivity index (χ2n) is 14.2. The number of amides is 3. The number of rotatable bonds is 17. The summed E-state index contributed by atoms with van der Waals surface area (Å²) in [5, 5.41) is 17.5. The highest BCUT2D eigenvalue weighted by atomic mass is 32.1. The molecule has 3 N–H and O–H groups in total. The predicted molar refractivity (Wildman–Crippen MR) is 192 cm³/mol. The number of benzene rings is 1. The van der Waals surface area contributed by atoms with Crippen LogP contribution < -0.4 is 10.6 Å². The van der Waals surface area contributed by atoms with Crippen LogP contribution in [-0.2, 0) is 30.3 Å². The van der Waals surface area contributed by atoms with Gasteiger partial charge < -0.3 is 25.4 Å². The van der Waals surface area contributed by atoms with Crippen molar-refractivity contribution < 1.29 is 33.8 Å². The molecule has 12 nitrogen and oxygen atoms in total. The van der Waals surface area contributed by atoms with Crippen molar-refractivity contribution in [1.82, 2.24) is 25.4 Å². The van der Waals surface area contributed by atoms with Gasteiger partial charge in [0.05, 0.1) is 12.0 Å². The topological polar surface area (TPSA) is 158 Å². The number of likely N-dealkylation sites (N-methyl/N-ethyl adjacent to an activating group) is 2. The van der Waals surface area contributed by atoms with Gasteiger partial charge in [0.2, 0.25) is 11.8 Å². The number of aromatic nitrogens is 1. The molecule has 1 aliphatic rings. The Balaban J connectivity index is 1.79. The molecule has 0 bridgehead atoms. The largest absolute Gasteiger partial charge is 0.481 e. The Morgan fingerprint density at radius 1 is 1.02 bits per heavy atom. The van der Waals surface area contributed by atoms with Gasteiger partial charge in [0.25, 0.3) is 5.91 Å². The van der Waals surface area contributed by atoms with Gasteiger partial charge in [0.15, 0.2) is 6.10 Å². The number of hydrogen-bond acceptors (Lipinski definition) is 9. The maximum absolute atomic E-state index is 14.0. The maximum Gasteiger partial charge on any atom is 0.306 e. The van der Waals surface area contributed by atoms with E-state index in [9.17, 15) is 29.1 Å².